The van der Waals surface area contributed by atoms with Crippen molar-refractivity contribution in [1.29, 1.82) is 5.41 Å². The highest BCUT2D eigenvalue weighted by atomic mass is 19.1. The Hall–Kier alpha value is -2.30. The molecule has 0 aliphatic rings. The number of aromatic nitrogens is 1. The van der Waals surface area contributed by atoms with Crippen LogP contribution in [-0.2, 0) is 0 Å². The molecular weight excluding hydrogens is 207 g/mol. The summed E-state index contributed by atoms with van der Waals surface area (Å²) >= 11 is 0. The first-order valence-electron chi connectivity index (χ1n) is 4.59. The lowest BCUT2D eigenvalue weighted by molar-refractivity contribution is 0.629. The highest BCUT2D eigenvalue weighted by Gasteiger charge is 2.04. The molecule has 2 aromatic rings. The number of benzene rings is 1. The maximum Gasteiger partial charge on any atom is 0.126 e. The lowest BCUT2D eigenvalue weighted by Crippen LogP contribution is -2.07. The first-order chi connectivity index (χ1) is 7.74. The lowest BCUT2D eigenvalue weighted by Gasteiger charge is -2.01. The van der Waals surface area contributed by atoms with Crippen LogP contribution >= 0.6 is 0 Å². The van der Waals surface area contributed by atoms with E-state index in [9.17, 15) is 4.39 Å². The normalized spacial score (nSPS) is 11.7. The van der Waals surface area contributed by atoms with Crippen LogP contribution in [0.25, 0.3) is 10.9 Å². The Morgan fingerprint density at radius 1 is 1.38 bits per heavy atom. The predicted octanol–water partition coefficient (Wildman–Crippen LogP) is 1.69. The minimum Gasteiger partial charge on any atom is -0.323 e. The summed E-state index contributed by atoms with van der Waals surface area (Å²) in [6, 6.07) is 7.68. The highest BCUT2D eigenvalue weighted by Crippen LogP contribution is 2.14. The van der Waals surface area contributed by atoms with Crippen LogP contribution in [0.2, 0.25) is 0 Å². The second kappa shape index (κ2) is 4.06. The molecular formula is C11H9FN4. The van der Waals surface area contributed by atoms with Crippen LogP contribution in [0, 0.1) is 11.2 Å². The van der Waals surface area contributed by atoms with E-state index in [1.807, 2.05) is 0 Å². The van der Waals surface area contributed by atoms with E-state index in [4.69, 9.17) is 11.3 Å². The number of rotatable bonds is 2. The van der Waals surface area contributed by atoms with Crippen molar-refractivity contribution in [3.8, 4) is 0 Å². The molecule has 3 N–H and O–H groups in total. The minimum atomic E-state index is -0.304. The largest absolute Gasteiger partial charge is 0.323 e. The molecule has 80 valence electrons. The van der Waals surface area contributed by atoms with Gasteiger partial charge in [-0.1, -0.05) is 6.07 Å². The summed E-state index contributed by atoms with van der Waals surface area (Å²) in [5.41, 5.74) is 1.42. The van der Waals surface area contributed by atoms with Crippen LogP contribution in [0.4, 0.5) is 4.39 Å². The van der Waals surface area contributed by atoms with Crippen LogP contribution in [0.15, 0.2) is 35.4 Å². The summed E-state index contributed by atoms with van der Waals surface area (Å²) in [6.45, 7) is 0. The van der Waals surface area contributed by atoms with Gasteiger partial charge >= 0.3 is 0 Å². The van der Waals surface area contributed by atoms with Gasteiger partial charge in [0.15, 0.2) is 0 Å². The van der Waals surface area contributed by atoms with Gasteiger partial charge in [0.25, 0.3) is 0 Å². The zero-order valence-electron chi connectivity index (χ0n) is 8.31. The fourth-order valence-electron chi connectivity index (χ4n) is 1.42. The van der Waals surface area contributed by atoms with Gasteiger partial charge in [0.1, 0.15) is 11.5 Å². The van der Waals surface area contributed by atoms with Gasteiger partial charge in [-0.15, -0.1) is 0 Å². The highest BCUT2D eigenvalue weighted by molar-refractivity contribution is 6.36. The molecule has 0 aliphatic carbocycles. The average Bonchev–Trinajstić information content (AvgIpc) is 2.31. The molecule has 1 aromatic carbocycles. The van der Waals surface area contributed by atoms with Gasteiger partial charge in [-0.2, -0.15) is 5.10 Å². The Kier molecular flexibility index (Phi) is 2.59. The predicted molar refractivity (Wildman–Crippen MR) is 61.2 cm³/mol. The molecule has 0 unspecified atom stereocenters. The van der Waals surface area contributed by atoms with Crippen molar-refractivity contribution < 1.29 is 4.39 Å². The van der Waals surface area contributed by atoms with Crippen molar-refractivity contribution in [2.24, 2.45) is 10.9 Å². The van der Waals surface area contributed by atoms with Gasteiger partial charge < -0.3 is 11.3 Å². The van der Waals surface area contributed by atoms with E-state index in [1.54, 1.807) is 18.2 Å². The molecule has 0 atom stereocenters. The van der Waals surface area contributed by atoms with Crippen LogP contribution in [-0.4, -0.2) is 16.9 Å². The van der Waals surface area contributed by atoms with E-state index < -0.39 is 0 Å². The SMILES string of the molecule is N=C/C(=N\N)c1ccc2cc(F)ccc2n1. The van der Waals surface area contributed by atoms with Crippen LogP contribution in [0.5, 0.6) is 0 Å². The fourth-order valence-corrected chi connectivity index (χ4v) is 1.42. The van der Waals surface area contributed by atoms with Gasteiger partial charge in [-0.05, 0) is 24.3 Å². The number of hydrazone groups is 1. The molecule has 0 saturated carbocycles. The third-order valence-electron chi connectivity index (χ3n) is 2.19. The Bertz CT molecular complexity index is 577. The number of halogens is 1. The third-order valence-corrected chi connectivity index (χ3v) is 2.19. The van der Waals surface area contributed by atoms with Crippen molar-refractivity contribution in [2.45, 2.75) is 0 Å². The molecule has 0 spiro atoms. The molecule has 0 aliphatic heterocycles. The summed E-state index contributed by atoms with van der Waals surface area (Å²) in [6.07, 6.45) is 1.03. The van der Waals surface area contributed by atoms with Gasteiger partial charge in [-0.3, -0.25) is 0 Å². The maximum atomic E-state index is 12.9. The number of nitrogens with one attached hydrogen (secondary N) is 1. The summed E-state index contributed by atoms with van der Waals surface area (Å²) < 4.78 is 12.9. The monoisotopic (exact) mass is 216 g/mol. The van der Waals surface area contributed by atoms with Gasteiger partial charge in [0.2, 0.25) is 0 Å². The van der Waals surface area contributed by atoms with Crippen LogP contribution in [0.1, 0.15) is 5.69 Å². The van der Waals surface area contributed by atoms with E-state index in [2.05, 4.69) is 10.1 Å². The molecule has 2 rings (SSSR count). The number of nitrogens with zero attached hydrogens (tertiary/aromatic N) is 2. The topological polar surface area (TPSA) is 75.1 Å². The molecule has 0 saturated heterocycles. The standard InChI is InChI=1S/C11H9FN4/c12-8-2-4-9-7(5-8)1-3-10(15-9)11(6-13)16-14/h1-6,13H,14H2/b13-6?,16-11+. The summed E-state index contributed by atoms with van der Waals surface area (Å²) in [5, 5.41) is 11.2. The van der Waals surface area contributed by atoms with Crippen molar-refractivity contribution in [3.05, 3.63) is 41.8 Å². The molecule has 1 aromatic heterocycles. The number of fused-ring (bicyclic) bond motifs is 1. The molecule has 0 bridgehead atoms. The maximum absolute atomic E-state index is 12.9. The lowest BCUT2D eigenvalue weighted by atomic mass is 10.1. The second-order valence-corrected chi connectivity index (χ2v) is 3.19. The van der Waals surface area contributed by atoms with E-state index in [0.717, 1.165) is 6.21 Å². The van der Waals surface area contributed by atoms with E-state index >= 15 is 0 Å². The minimum absolute atomic E-state index is 0.284. The Morgan fingerprint density at radius 2 is 2.19 bits per heavy atom. The van der Waals surface area contributed by atoms with E-state index in [0.29, 0.717) is 16.6 Å². The third kappa shape index (κ3) is 1.75. The average molecular weight is 216 g/mol. The van der Waals surface area contributed by atoms with Crippen molar-refractivity contribution in [1.82, 2.24) is 4.98 Å². The number of hydrogen-bond acceptors (Lipinski definition) is 4. The molecule has 4 nitrogen and oxygen atoms in total. The zero-order chi connectivity index (χ0) is 11.5. The number of pyridine rings is 1. The summed E-state index contributed by atoms with van der Waals surface area (Å²) in [7, 11) is 0. The summed E-state index contributed by atoms with van der Waals surface area (Å²) in [5.74, 6) is 4.82. The Balaban J connectivity index is 2.60. The molecule has 5 heteroatoms. The molecule has 0 amide bonds. The first kappa shape index (κ1) is 10.2. The smallest absolute Gasteiger partial charge is 0.126 e. The van der Waals surface area contributed by atoms with Crippen molar-refractivity contribution in [2.75, 3.05) is 0 Å². The van der Waals surface area contributed by atoms with E-state index in [1.165, 1.54) is 12.1 Å². The molecule has 0 fully saturated rings. The second-order valence-electron chi connectivity index (χ2n) is 3.19. The zero-order valence-corrected chi connectivity index (χ0v) is 8.31. The molecule has 16 heavy (non-hydrogen) atoms. The van der Waals surface area contributed by atoms with Gasteiger partial charge in [0.05, 0.1) is 11.2 Å². The van der Waals surface area contributed by atoms with Crippen molar-refractivity contribution in [3.63, 3.8) is 0 Å². The van der Waals surface area contributed by atoms with Crippen LogP contribution < -0.4 is 5.84 Å². The Morgan fingerprint density at radius 3 is 2.88 bits per heavy atom. The van der Waals surface area contributed by atoms with Gasteiger partial charge in [0, 0.05) is 11.6 Å². The van der Waals surface area contributed by atoms with E-state index in [-0.39, 0.29) is 11.5 Å². The molecule has 1 heterocycles. The fraction of sp³-hybridized carbons (Fsp3) is 0. The summed E-state index contributed by atoms with van der Waals surface area (Å²) in [4.78, 5) is 4.23. The van der Waals surface area contributed by atoms with Crippen molar-refractivity contribution >= 4 is 22.8 Å². The number of nitrogens with two attached hydrogens (primary N) is 1. The first-order valence-corrected chi connectivity index (χ1v) is 4.59. The quantitative estimate of drug-likeness (QED) is 0.455. The number of hydrogen-bond donors (Lipinski definition) is 2. The van der Waals surface area contributed by atoms with Gasteiger partial charge in [-0.25, -0.2) is 9.37 Å². The van der Waals surface area contributed by atoms with Crippen LogP contribution in [0.3, 0.4) is 0 Å². The Labute approximate surface area is 91.1 Å². The molecule has 0 radical (unpaired) electrons.